The largest absolute Gasteiger partial charge is 0.487 e. The van der Waals surface area contributed by atoms with Crippen LogP contribution in [-0.4, -0.2) is 20.0 Å². The van der Waals surface area contributed by atoms with E-state index in [1.807, 2.05) is 35.1 Å². The lowest BCUT2D eigenvalue weighted by molar-refractivity contribution is -0.137. The Kier molecular flexibility index (Phi) is 10.5. The number of unbranched alkanes of at least 4 members (excludes halogenated alkanes) is 1. The zero-order valence-electron chi connectivity index (χ0n) is 18.3. The van der Waals surface area contributed by atoms with Crippen LogP contribution in [0.25, 0.3) is 12.2 Å². The third-order valence-corrected chi connectivity index (χ3v) is 5.11. The van der Waals surface area contributed by atoms with Gasteiger partial charge in [-0.3, -0.25) is 4.68 Å². The zero-order chi connectivity index (χ0) is 23.8. The Morgan fingerprint density at radius 2 is 1.69 bits per heavy atom. The fraction of sp³-hybridized carbons (Fsp3) is 0.296. The summed E-state index contributed by atoms with van der Waals surface area (Å²) in [6.07, 6.45) is 7.00. The Balaban J connectivity index is 0.00000228. The van der Waals surface area contributed by atoms with E-state index in [1.54, 1.807) is 18.3 Å². The number of benzene rings is 2. The summed E-state index contributed by atoms with van der Waals surface area (Å²) in [5.74, 6) is 1.08. The van der Waals surface area contributed by atoms with Crippen LogP contribution >= 0.6 is 0 Å². The topological polar surface area (TPSA) is 66.0 Å². The Labute approximate surface area is 209 Å². The minimum absolute atomic E-state index is 0. The van der Waals surface area contributed by atoms with Crippen molar-refractivity contribution < 1.29 is 22.3 Å². The van der Waals surface area contributed by atoms with Gasteiger partial charge in [-0.15, -0.1) is 5.10 Å². The molecular formula is C27H31F3N4O2. The van der Waals surface area contributed by atoms with Crippen molar-refractivity contribution in [3.63, 3.8) is 0 Å². The van der Waals surface area contributed by atoms with Crippen molar-refractivity contribution in [3.05, 3.63) is 95.5 Å². The fourth-order valence-electron chi connectivity index (χ4n) is 3.28. The molecule has 0 fully saturated rings. The molecule has 0 aliphatic carbocycles. The standard InChI is InChI=1S/C25H23F3N4O2.2CH4/c26-25(27,28)21-9-4-20(5-10-21)8-13-24-30-22(18-34-24)17-33-23-11-6-19(7-12-23)3-1-2-15-32-16-14-29-31-32;;/h4-14,16,18H,1-3,15,17H2;2*1H4/b13-8+;;. The molecule has 0 bridgehead atoms. The molecule has 0 aliphatic rings. The molecule has 192 valence electrons. The van der Waals surface area contributed by atoms with Gasteiger partial charge in [-0.25, -0.2) is 4.98 Å². The van der Waals surface area contributed by atoms with Gasteiger partial charge >= 0.3 is 6.18 Å². The molecule has 2 aromatic carbocycles. The van der Waals surface area contributed by atoms with Crippen molar-refractivity contribution in [1.29, 1.82) is 0 Å². The van der Waals surface area contributed by atoms with Gasteiger partial charge in [-0.2, -0.15) is 13.2 Å². The van der Waals surface area contributed by atoms with Crippen LogP contribution in [0.1, 0.15) is 56.0 Å². The van der Waals surface area contributed by atoms with E-state index >= 15 is 0 Å². The maximum atomic E-state index is 12.6. The second kappa shape index (κ2) is 13.3. The van der Waals surface area contributed by atoms with Crippen LogP contribution in [0.4, 0.5) is 13.2 Å². The lowest BCUT2D eigenvalue weighted by Gasteiger charge is -2.06. The molecule has 4 aromatic rings. The minimum Gasteiger partial charge on any atom is -0.487 e. The van der Waals surface area contributed by atoms with E-state index in [0.29, 0.717) is 17.1 Å². The molecule has 2 aromatic heterocycles. The van der Waals surface area contributed by atoms with Crippen molar-refractivity contribution in [1.82, 2.24) is 20.0 Å². The van der Waals surface area contributed by atoms with Crippen LogP contribution in [0.5, 0.6) is 5.75 Å². The van der Waals surface area contributed by atoms with E-state index < -0.39 is 11.7 Å². The molecule has 0 N–H and O–H groups in total. The smallest absolute Gasteiger partial charge is 0.416 e. The summed E-state index contributed by atoms with van der Waals surface area (Å²) in [6, 6.07) is 12.8. The van der Waals surface area contributed by atoms with E-state index in [4.69, 9.17) is 9.15 Å². The van der Waals surface area contributed by atoms with Crippen LogP contribution < -0.4 is 4.74 Å². The first kappa shape index (κ1) is 28.4. The summed E-state index contributed by atoms with van der Waals surface area (Å²) >= 11 is 0. The van der Waals surface area contributed by atoms with Gasteiger partial charge in [0.15, 0.2) is 0 Å². The van der Waals surface area contributed by atoms with Crippen molar-refractivity contribution in [2.75, 3.05) is 0 Å². The second-order valence-electron chi connectivity index (χ2n) is 7.69. The molecule has 0 aliphatic heterocycles. The Morgan fingerprint density at radius 1 is 0.944 bits per heavy atom. The van der Waals surface area contributed by atoms with Crippen LogP contribution in [-0.2, 0) is 25.7 Å². The number of alkyl halides is 3. The number of aryl methyl sites for hydroxylation is 2. The molecule has 0 saturated heterocycles. The van der Waals surface area contributed by atoms with Gasteiger partial charge in [-0.1, -0.05) is 44.3 Å². The number of hydrogen-bond acceptors (Lipinski definition) is 5. The number of nitrogens with zero attached hydrogens (tertiary/aromatic N) is 4. The molecule has 0 radical (unpaired) electrons. The Hall–Kier alpha value is -3.88. The van der Waals surface area contributed by atoms with Crippen molar-refractivity contribution in [3.8, 4) is 5.75 Å². The summed E-state index contributed by atoms with van der Waals surface area (Å²) in [5.41, 5.74) is 1.78. The first-order valence-corrected chi connectivity index (χ1v) is 10.8. The maximum absolute atomic E-state index is 12.6. The highest BCUT2D eigenvalue weighted by Gasteiger charge is 2.29. The average molecular weight is 501 g/mol. The van der Waals surface area contributed by atoms with Gasteiger partial charge in [-0.05, 0) is 60.7 Å². The van der Waals surface area contributed by atoms with E-state index in [1.165, 1.54) is 24.0 Å². The van der Waals surface area contributed by atoms with Crippen LogP contribution in [0.2, 0.25) is 0 Å². The van der Waals surface area contributed by atoms with Crippen LogP contribution in [0.15, 0.2) is 71.6 Å². The number of halogens is 3. The number of hydrogen-bond donors (Lipinski definition) is 0. The van der Waals surface area contributed by atoms with E-state index in [9.17, 15) is 13.2 Å². The third-order valence-electron chi connectivity index (χ3n) is 5.11. The van der Waals surface area contributed by atoms with E-state index in [0.717, 1.165) is 43.7 Å². The first-order chi connectivity index (χ1) is 16.5. The molecule has 6 nitrogen and oxygen atoms in total. The first-order valence-electron chi connectivity index (χ1n) is 10.8. The van der Waals surface area contributed by atoms with Gasteiger partial charge < -0.3 is 9.15 Å². The number of ether oxygens (including phenoxy) is 1. The summed E-state index contributed by atoms with van der Waals surface area (Å²) < 4.78 is 50.9. The highest BCUT2D eigenvalue weighted by molar-refractivity contribution is 5.66. The van der Waals surface area contributed by atoms with Gasteiger partial charge in [0.1, 0.15) is 24.3 Å². The highest BCUT2D eigenvalue weighted by Crippen LogP contribution is 2.29. The summed E-state index contributed by atoms with van der Waals surface area (Å²) in [7, 11) is 0. The fourth-order valence-corrected chi connectivity index (χ4v) is 3.28. The number of rotatable bonds is 10. The molecule has 0 amide bonds. The molecule has 36 heavy (non-hydrogen) atoms. The average Bonchev–Trinajstić information content (AvgIpc) is 3.52. The minimum atomic E-state index is -4.35. The van der Waals surface area contributed by atoms with Gasteiger partial charge in [0.25, 0.3) is 0 Å². The molecule has 2 heterocycles. The molecular weight excluding hydrogens is 469 g/mol. The maximum Gasteiger partial charge on any atom is 0.416 e. The Morgan fingerprint density at radius 3 is 2.36 bits per heavy atom. The predicted octanol–water partition coefficient (Wildman–Crippen LogP) is 7.33. The van der Waals surface area contributed by atoms with Gasteiger partial charge in [0, 0.05) is 18.8 Å². The quantitative estimate of drug-likeness (QED) is 0.213. The van der Waals surface area contributed by atoms with Crippen molar-refractivity contribution in [2.24, 2.45) is 0 Å². The number of aromatic nitrogens is 4. The number of oxazole rings is 1. The molecule has 9 heteroatoms. The highest BCUT2D eigenvalue weighted by atomic mass is 19.4. The van der Waals surface area contributed by atoms with E-state index in [2.05, 4.69) is 15.3 Å². The monoisotopic (exact) mass is 500 g/mol. The molecule has 0 unspecified atom stereocenters. The summed E-state index contributed by atoms with van der Waals surface area (Å²) in [6.45, 7) is 1.11. The predicted molar refractivity (Wildman–Crippen MR) is 134 cm³/mol. The van der Waals surface area contributed by atoms with Crippen LogP contribution in [0, 0.1) is 0 Å². The molecule has 0 spiro atoms. The normalized spacial score (nSPS) is 11.2. The molecule has 4 rings (SSSR count). The van der Waals surface area contributed by atoms with Crippen molar-refractivity contribution in [2.45, 2.75) is 53.4 Å². The SMILES string of the molecule is C.C.FC(F)(F)c1ccc(/C=C/c2nc(COc3ccc(CCCCn4ccnn4)cc3)co2)cc1. The molecule has 0 saturated carbocycles. The second-order valence-corrected chi connectivity index (χ2v) is 7.69. The van der Waals surface area contributed by atoms with E-state index in [-0.39, 0.29) is 21.5 Å². The summed E-state index contributed by atoms with van der Waals surface area (Å²) in [4.78, 5) is 4.32. The van der Waals surface area contributed by atoms with Gasteiger partial charge in [0.05, 0.1) is 11.8 Å². The lowest BCUT2D eigenvalue weighted by atomic mass is 10.1. The third kappa shape index (κ3) is 8.41. The summed E-state index contributed by atoms with van der Waals surface area (Å²) in [5, 5.41) is 7.75. The van der Waals surface area contributed by atoms with Crippen molar-refractivity contribution >= 4 is 12.2 Å². The zero-order valence-corrected chi connectivity index (χ0v) is 18.3. The van der Waals surface area contributed by atoms with Gasteiger partial charge in [0.2, 0.25) is 5.89 Å². The van der Waals surface area contributed by atoms with Crippen LogP contribution in [0.3, 0.4) is 0 Å². The molecule has 0 atom stereocenters. The lowest BCUT2D eigenvalue weighted by Crippen LogP contribution is -2.03. The Bertz CT molecular complexity index is 1180.